The zero-order valence-corrected chi connectivity index (χ0v) is 10.4. The highest BCUT2D eigenvalue weighted by atomic mass is 16.3. The first-order valence-electron chi connectivity index (χ1n) is 5.91. The highest BCUT2D eigenvalue weighted by Crippen LogP contribution is 2.13. The summed E-state index contributed by atoms with van der Waals surface area (Å²) in [6.45, 7) is 5.06. The average Bonchev–Trinajstić information content (AvgIpc) is 2.25. The molecule has 0 spiro atoms. The second-order valence-corrected chi connectivity index (χ2v) is 3.98. The van der Waals surface area contributed by atoms with Gasteiger partial charge in [0.1, 0.15) is 11.6 Å². The fourth-order valence-electron chi connectivity index (χ4n) is 1.40. The summed E-state index contributed by atoms with van der Waals surface area (Å²) >= 11 is 0. The van der Waals surface area contributed by atoms with E-state index in [2.05, 4.69) is 27.5 Å². The molecule has 1 aromatic rings. The molecule has 0 saturated heterocycles. The van der Waals surface area contributed by atoms with Crippen LogP contribution in [0.4, 0.5) is 17.6 Å². The molecule has 1 aromatic heterocycles. The van der Waals surface area contributed by atoms with Gasteiger partial charge in [0.05, 0.1) is 0 Å². The van der Waals surface area contributed by atoms with Gasteiger partial charge in [-0.15, -0.1) is 0 Å². The van der Waals surface area contributed by atoms with Crippen LogP contribution >= 0.6 is 0 Å². The minimum atomic E-state index is 0.147. The predicted octanol–water partition coefficient (Wildman–Crippen LogP) is 1.06. The Morgan fingerprint density at radius 3 is 2.76 bits per heavy atom. The fraction of sp³-hybridized carbons (Fsp3) is 0.636. The number of hydrogen-bond donors (Lipinski definition) is 4. The van der Waals surface area contributed by atoms with Crippen molar-refractivity contribution < 1.29 is 5.11 Å². The molecule has 6 heteroatoms. The van der Waals surface area contributed by atoms with Crippen molar-refractivity contribution in [2.45, 2.75) is 32.7 Å². The van der Waals surface area contributed by atoms with E-state index in [0.29, 0.717) is 12.2 Å². The minimum Gasteiger partial charge on any atom is -0.396 e. The van der Waals surface area contributed by atoms with Gasteiger partial charge in [-0.05, 0) is 19.8 Å². The fourth-order valence-corrected chi connectivity index (χ4v) is 1.40. The number of nitrogens with one attached hydrogen (secondary N) is 2. The Bertz CT molecular complexity index is 345. The van der Waals surface area contributed by atoms with Gasteiger partial charge in [0.25, 0.3) is 0 Å². The Labute approximate surface area is 102 Å². The highest BCUT2D eigenvalue weighted by Gasteiger charge is 2.05. The lowest BCUT2D eigenvalue weighted by atomic mass is 10.2. The van der Waals surface area contributed by atoms with Crippen LogP contribution < -0.4 is 16.4 Å². The largest absolute Gasteiger partial charge is 0.396 e. The number of nitrogens with zero attached hydrogens (tertiary/aromatic N) is 2. The van der Waals surface area contributed by atoms with Gasteiger partial charge in [0.15, 0.2) is 0 Å². The summed E-state index contributed by atoms with van der Waals surface area (Å²) in [5, 5.41) is 15.2. The van der Waals surface area contributed by atoms with Crippen LogP contribution in [0.1, 0.15) is 26.7 Å². The van der Waals surface area contributed by atoms with Crippen LogP contribution in [0, 0.1) is 0 Å². The molecule has 1 unspecified atom stereocenters. The molecule has 6 nitrogen and oxygen atoms in total. The maximum absolute atomic E-state index is 8.83. The standard InChI is InChI=1S/C11H21N5O/c1-3-5-13-9-7-10(16-11(12)15-9)14-8(2)4-6-17/h7-8,17H,3-6H2,1-2H3,(H4,12,13,14,15,16). The molecule has 1 atom stereocenters. The molecule has 0 aromatic carbocycles. The van der Waals surface area contributed by atoms with Crippen LogP contribution in [-0.4, -0.2) is 34.3 Å². The van der Waals surface area contributed by atoms with Crippen LogP contribution in [0.2, 0.25) is 0 Å². The Hall–Kier alpha value is -1.56. The molecular weight excluding hydrogens is 218 g/mol. The van der Waals surface area contributed by atoms with Crippen molar-refractivity contribution >= 4 is 17.6 Å². The highest BCUT2D eigenvalue weighted by molar-refractivity contribution is 5.51. The van der Waals surface area contributed by atoms with Gasteiger partial charge in [0.2, 0.25) is 5.95 Å². The average molecular weight is 239 g/mol. The van der Waals surface area contributed by atoms with Crippen molar-refractivity contribution in [2.24, 2.45) is 0 Å². The van der Waals surface area contributed by atoms with Crippen LogP contribution in [0.5, 0.6) is 0 Å². The summed E-state index contributed by atoms with van der Waals surface area (Å²) in [6.07, 6.45) is 1.69. The van der Waals surface area contributed by atoms with Crippen molar-refractivity contribution in [1.82, 2.24) is 9.97 Å². The van der Waals surface area contributed by atoms with Gasteiger partial charge >= 0.3 is 0 Å². The van der Waals surface area contributed by atoms with Gasteiger partial charge in [-0.2, -0.15) is 9.97 Å². The summed E-state index contributed by atoms with van der Waals surface area (Å²) in [6, 6.07) is 1.97. The van der Waals surface area contributed by atoms with Gasteiger partial charge < -0.3 is 21.5 Å². The molecule has 5 N–H and O–H groups in total. The molecule has 0 fully saturated rings. The number of aliphatic hydroxyl groups excluding tert-OH is 1. The van der Waals surface area contributed by atoms with E-state index in [-0.39, 0.29) is 18.6 Å². The third-order valence-electron chi connectivity index (χ3n) is 2.26. The van der Waals surface area contributed by atoms with Crippen LogP contribution in [-0.2, 0) is 0 Å². The second kappa shape index (κ2) is 6.90. The number of nitrogens with two attached hydrogens (primary N) is 1. The quantitative estimate of drug-likeness (QED) is 0.568. The third kappa shape index (κ3) is 4.86. The number of hydrogen-bond acceptors (Lipinski definition) is 6. The molecule has 0 aliphatic heterocycles. The number of anilines is 3. The maximum atomic E-state index is 8.83. The Kier molecular flexibility index (Phi) is 5.48. The van der Waals surface area contributed by atoms with E-state index in [1.807, 2.05) is 13.0 Å². The Morgan fingerprint density at radius 2 is 2.12 bits per heavy atom. The topological polar surface area (TPSA) is 96.1 Å². The smallest absolute Gasteiger partial charge is 0.223 e. The summed E-state index contributed by atoms with van der Waals surface area (Å²) in [7, 11) is 0. The van der Waals surface area contributed by atoms with E-state index in [1.165, 1.54) is 0 Å². The van der Waals surface area contributed by atoms with E-state index in [9.17, 15) is 0 Å². The number of nitrogen functional groups attached to an aromatic ring is 1. The molecule has 0 aliphatic carbocycles. The lowest BCUT2D eigenvalue weighted by Gasteiger charge is -2.14. The van der Waals surface area contributed by atoms with Crippen molar-refractivity contribution in [1.29, 1.82) is 0 Å². The molecular formula is C11H21N5O. The molecule has 96 valence electrons. The maximum Gasteiger partial charge on any atom is 0.223 e. The summed E-state index contributed by atoms with van der Waals surface area (Å²) in [5.74, 6) is 1.64. The van der Waals surface area contributed by atoms with Crippen LogP contribution in [0.15, 0.2) is 6.07 Å². The predicted molar refractivity (Wildman–Crippen MR) is 70.0 cm³/mol. The molecule has 0 radical (unpaired) electrons. The van der Waals surface area contributed by atoms with Crippen molar-refractivity contribution in [3.05, 3.63) is 6.07 Å². The second-order valence-electron chi connectivity index (χ2n) is 3.98. The Morgan fingerprint density at radius 1 is 1.41 bits per heavy atom. The molecule has 17 heavy (non-hydrogen) atoms. The molecule has 0 saturated carbocycles. The van der Waals surface area contributed by atoms with Gasteiger partial charge in [-0.3, -0.25) is 0 Å². The normalized spacial score (nSPS) is 12.2. The Balaban J connectivity index is 2.67. The summed E-state index contributed by atoms with van der Waals surface area (Å²) in [5.41, 5.74) is 5.63. The number of rotatable bonds is 7. The van der Waals surface area contributed by atoms with Crippen LogP contribution in [0.3, 0.4) is 0 Å². The summed E-state index contributed by atoms with van der Waals surface area (Å²) < 4.78 is 0. The number of aromatic nitrogens is 2. The van der Waals surface area contributed by atoms with E-state index >= 15 is 0 Å². The van der Waals surface area contributed by atoms with E-state index in [0.717, 1.165) is 18.8 Å². The first-order chi connectivity index (χ1) is 8.15. The molecule has 0 bridgehead atoms. The lowest BCUT2D eigenvalue weighted by Crippen LogP contribution is -2.18. The van der Waals surface area contributed by atoms with Crippen molar-refractivity contribution in [3.8, 4) is 0 Å². The zero-order valence-electron chi connectivity index (χ0n) is 10.4. The SMILES string of the molecule is CCCNc1cc(NC(C)CCO)nc(N)n1. The molecule has 0 amide bonds. The molecule has 0 aliphatic rings. The van der Waals surface area contributed by atoms with E-state index in [4.69, 9.17) is 10.8 Å². The van der Waals surface area contributed by atoms with Gasteiger partial charge in [-0.1, -0.05) is 6.92 Å². The summed E-state index contributed by atoms with van der Waals surface area (Å²) in [4.78, 5) is 8.19. The van der Waals surface area contributed by atoms with E-state index < -0.39 is 0 Å². The number of aliphatic hydroxyl groups is 1. The minimum absolute atomic E-state index is 0.147. The van der Waals surface area contributed by atoms with Crippen molar-refractivity contribution in [3.63, 3.8) is 0 Å². The monoisotopic (exact) mass is 239 g/mol. The lowest BCUT2D eigenvalue weighted by molar-refractivity contribution is 0.282. The zero-order chi connectivity index (χ0) is 12.7. The van der Waals surface area contributed by atoms with E-state index in [1.54, 1.807) is 0 Å². The first-order valence-corrected chi connectivity index (χ1v) is 5.91. The third-order valence-corrected chi connectivity index (χ3v) is 2.26. The van der Waals surface area contributed by atoms with Gasteiger partial charge in [-0.25, -0.2) is 0 Å². The first kappa shape index (κ1) is 13.5. The van der Waals surface area contributed by atoms with Crippen LogP contribution in [0.25, 0.3) is 0 Å². The van der Waals surface area contributed by atoms with Crippen molar-refractivity contribution in [2.75, 3.05) is 29.5 Å². The van der Waals surface area contributed by atoms with Gasteiger partial charge in [0, 0.05) is 25.3 Å². The molecule has 1 rings (SSSR count). The molecule has 1 heterocycles.